The maximum Gasteiger partial charge on any atom is 0.312 e. The number of carbonyl (C=O) groups excluding carboxylic acids is 1. The molecule has 0 radical (unpaired) electrons. The van der Waals surface area contributed by atoms with Crippen LogP contribution in [-0.2, 0) is 9.53 Å². The number of nitrogen functional groups attached to an aromatic ring is 1. The monoisotopic (exact) mass is 256 g/mol. The maximum atomic E-state index is 10.9. The molecule has 0 atom stereocenters. The first kappa shape index (κ1) is 13.0. The molecule has 1 heterocycles. The first-order valence-corrected chi connectivity index (χ1v) is 5.02. The zero-order valence-electron chi connectivity index (χ0n) is 9.35. The molecule has 0 aliphatic rings. The van der Waals surface area contributed by atoms with Crippen LogP contribution >= 0.6 is 12.2 Å². The quantitative estimate of drug-likeness (QED) is 0.375. The maximum absolute atomic E-state index is 10.9. The summed E-state index contributed by atoms with van der Waals surface area (Å²) in [4.78, 5) is 22.7. The number of hydrazine groups is 1. The molecule has 8 nitrogen and oxygen atoms in total. The largest absolute Gasteiger partial charge is 0.469 e. The fourth-order valence-corrected chi connectivity index (χ4v) is 1.10. The van der Waals surface area contributed by atoms with Gasteiger partial charge in [-0.05, 0) is 6.92 Å². The Morgan fingerprint density at radius 2 is 2.18 bits per heavy atom. The molecule has 0 amide bonds. The second-order valence-corrected chi connectivity index (χ2v) is 3.48. The van der Waals surface area contributed by atoms with Gasteiger partial charge in [0.05, 0.1) is 13.5 Å². The van der Waals surface area contributed by atoms with Gasteiger partial charge in [-0.25, -0.2) is 0 Å². The van der Waals surface area contributed by atoms with Crippen LogP contribution in [0.4, 0.5) is 11.9 Å². The van der Waals surface area contributed by atoms with Gasteiger partial charge in [0.25, 0.3) is 0 Å². The van der Waals surface area contributed by atoms with Gasteiger partial charge in [-0.15, -0.1) is 0 Å². The Balaban J connectivity index is 2.50. The summed E-state index contributed by atoms with van der Waals surface area (Å²) in [6.07, 6.45) is -0.0294. The smallest absolute Gasteiger partial charge is 0.312 e. The second kappa shape index (κ2) is 5.89. The molecule has 0 aliphatic heterocycles. The lowest BCUT2D eigenvalue weighted by atomic mass is 10.4. The third kappa shape index (κ3) is 4.55. The summed E-state index contributed by atoms with van der Waals surface area (Å²) in [7, 11) is 1.29. The van der Waals surface area contributed by atoms with Crippen molar-refractivity contribution in [2.75, 3.05) is 18.3 Å². The van der Waals surface area contributed by atoms with Gasteiger partial charge in [0.15, 0.2) is 0 Å². The number of aromatic nitrogens is 3. The number of methoxy groups -OCH3 is 1. The van der Waals surface area contributed by atoms with E-state index in [4.69, 9.17) is 18.0 Å². The lowest BCUT2D eigenvalue weighted by molar-refractivity contribution is -0.139. The van der Waals surface area contributed by atoms with Crippen LogP contribution in [0, 0.1) is 6.92 Å². The fourth-order valence-electron chi connectivity index (χ4n) is 0.932. The Morgan fingerprint density at radius 3 is 2.76 bits per heavy atom. The molecule has 0 aliphatic carbocycles. The highest BCUT2D eigenvalue weighted by Crippen LogP contribution is 2.00. The standard InChI is InChI=1S/C8H12N6O2S/c1-4-10-7(9)12-8(11-4)14-13-5(17)3-6(15)16-2/h3H2,1-2H3,(H,13,17)(H3,9,10,11,12,14). The van der Waals surface area contributed by atoms with Gasteiger partial charge < -0.3 is 10.5 Å². The number of ether oxygens (including phenoxy) is 1. The minimum atomic E-state index is -0.435. The average Bonchev–Trinajstić information content (AvgIpc) is 2.25. The Bertz CT molecular complexity index is 418. The fraction of sp³-hybridized carbons (Fsp3) is 0.375. The van der Waals surface area contributed by atoms with Crippen LogP contribution in [0.25, 0.3) is 0 Å². The van der Waals surface area contributed by atoms with Crippen LogP contribution in [0.5, 0.6) is 0 Å². The van der Waals surface area contributed by atoms with Crippen LogP contribution in [0.1, 0.15) is 12.2 Å². The highest BCUT2D eigenvalue weighted by molar-refractivity contribution is 7.80. The molecule has 1 aromatic rings. The second-order valence-electron chi connectivity index (χ2n) is 2.99. The number of nitrogens with one attached hydrogen (secondary N) is 2. The number of thiocarbonyl (C=S) groups is 1. The van der Waals surface area contributed by atoms with Crippen molar-refractivity contribution in [1.82, 2.24) is 20.4 Å². The molecule has 0 spiro atoms. The summed E-state index contributed by atoms with van der Waals surface area (Å²) >= 11 is 4.88. The molecule has 92 valence electrons. The summed E-state index contributed by atoms with van der Waals surface area (Å²) in [5, 5.41) is 0. The molecular weight excluding hydrogens is 244 g/mol. The zero-order chi connectivity index (χ0) is 12.8. The van der Waals surface area contributed by atoms with Crippen molar-refractivity contribution in [3.63, 3.8) is 0 Å². The average molecular weight is 256 g/mol. The Hall–Kier alpha value is -2.03. The van der Waals surface area contributed by atoms with Gasteiger partial charge in [-0.3, -0.25) is 15.6 Å². The number of hydrogen-bond acceptors (Lipinski definition) is 8. The van der Waals surface area contributed by atoms with E-state index in [0.29, 0.717) is 5.82 Å². The van der Waals surface area contributed by atoms with E-state index in [-0.39, 0.29) is 23.3 Å². The summed E-state index contributed by atoms with van der Waals surface area (Å²) in [6, 6.07) is 0. The number of hydrogen-bond donors (Lipinski definition) is 3. The predicted octanol–water partition coefficient (Wildman–Crippen LogP) is -0.431. The first-order valence-electron chi connectivity index (χ1n) is 4.61. The molecule has 1 aromatic heterocycles. The van der Waals surface area contributed by atoms with Gasteiger partial charge in [0.1, 0.15) is 10.8 Å². The number of esters is 1. The van der Waals surface area contributed by atoms with E-state index in [1.54, 1.807) is 6.92 Å². The van der Waals surface area contributed by atoms with E-state index in [1.807, 2.05) is 0 Å². The number of nitrogens with zero attached hydrogens (tertiary/aromatic N) is 3. The minimum Gasteiger partial charge on any atom is -0.469 e. The Labute approximate surface area is 103 Å². The van der Waals surface area contributed by atoms with Gasteiger partial charge in [0.2, 0.25) is 11.9 Å². The van der Waals surface area contributed by atoms with Crippen molar-refractivity contribution < 1.29 is 9.53 Å². The highest BCUT2D eigenvalue weighted by Gasteiger charge is 2.06. The molecule has 0 aromatic carbocycles. The summed E-state index contributed by atoms with van der Waals surface area (Å²) in [5.74, 6) is 0.360. The minimum absolute atomic E-state index is 0.0294. The molecule has 0 fully saturated rings. The number of nitrogens with two attached hydrogens (primary N) is 1. The molecule has 4 N–H and O–H groups in total. The van der Waals surface area contributed by atoms with Gasteiger partial charge in [-0.1, -0.05) is 12.2 Å². The van der Waals surface area contributed by atoms with E-state index in [2.05, 4.69) is 30.5 Å². The van der Waals surface area contributed by atoms with Crippen molar-refractivity contribution in [2.24, 2.45) is 0 Å². The van der Waals surface area contributed by atoms with Crippen molar-refractivity contribution in [1.29, 1.82) is 0 Å². The van der Waals surface area contributed by atoms with Crippen LogP contribution in [0.2, 0.25) is 0 Å². The van der Waals surface area contributed by atoms with Crippen molar-refractivity contribution in [2.45, 2.75) is 13.3 Å². The number of anilines is 2. The summed E-state index contributed by atoms with van der Waals surface area (Å²) < 4.78 is 4.46. The van der Waals surface area contributed by atoms with Crippen molar-refractivity contribution in [3.8, 4) is 0 Å². The van der Waals surface area contributed by atoms with Crippen LogP contribution in [-0.4, -0.2) is 33.0 Å². The first-order chi connectivity index (χ1) is 8.01. The van der Waals surface area contributed by atoms with E-state index in [0.717, 1.165) is 0 Å². The SMILES string of the molecule is COC(=O)CC(=S)NNc1nc(C)nc(N)n1. The topological polar surface area (TPSA) is 115 Å². The molecule has 9 heteroatoms. The molecule has 0 saturated heterocycles. The van der Waals surface area contributed by atoms with Crippen LogP contribution in [0.3, 0.4) is 0 Å². The van der Waals surface area contributed by atoms with E-state index < -0.39 is 5.97 Å². The lowest BCUT2D eigenvalue weighted by Crippen LogP contribution is -2.31. The normalized spacial score (nSPS) is 9.53. The molecule has 0 bridgehead atoms. The Morgan fingerprint density at radius 1 is 1.47 bits per heavy atom. The van der Waals surface area contributed by atoms with E-state index in [9.17, 15) is 4.79 Å². The lowest BCUT2D eigenvalue weighted by Gasteiger charge is -2.08. The molecule has 0 unspecified atom stereocenters. The van der Waals surface area contributed by atoms with E-state index in [1.165, 1.54) is 7.11 Å². The summed E-state index contributed by atoms with van der Waals surface area (Å²) in [6.45, 7) is 1.68. The van der Waals surface area contributed by atoms with Gasteiger partial charge in [-0.2, -0.15) is 15.0 Å². The van der Waals surface area contributed by atoms with Crippen LogP contribution in [0.15, 0.2) is 0 Å². The molecule has 1 rings (SSSR count). The van der Waals surface area contributed by atoms with Crippen molar-refractivity contribution in [3.05, 3.63) is 5.82 Å². The van der Waals surface area contributed by atoms with Gasteiger partial charge >= 0.3 is 5.97 Å². The summed E-state index contributed by atoms with van der Waals surface area (Å²) in [5.41, 5.74) is 10.6. The number of rotatable bonds is 4. The number of aryl methyl sites for hydroxylation is 1. The number of carbonyl (C=O) groups is 1. The third-order valence-corrected chi connectivity index (χ3v) is 1.86. The molecular formula is C8H12N6O2S. The third-order valence-electron chi connectivity index (χ3n) is 1.61. The van der Waals surface area contributed by atoms with Gasteiger partial charge in [0, 0.05) is 0 Å². The Kier molecular flexibility index (Phi) is 4.52. The highest BCUT2D eigenvalue weighted by atomic mass is 32.1. The molecule has 0 saturated carbocycles. The predicted molar refractivity (Wildman–Crippen MR) is 65.0 cm³/mol. The van der Waals surface area contributed by atoms with Crippen molar-refractivity contribution >= 4 is 35.1 Å². The van der Waals surface area contributed by atoms with Crippen LogP contribution < -0.4 is 16.6 Å². The molecule has 17 heavy (non-hydrogen) atoms. The zero-order valence-corrected chi connectivity index (χ0v) is 10.2. The van der Waals surface area contributed by atoms with E-state index >= 15 is 0 Å².